The largest absolute Gasteiger partial charge is 0.497 e. The number of carbonyl (C=O) groups is 1. The minimum absolute atomic E-state index is 0.244. The van der Waals surface area contributed by atoms with Gasteiger partial charge in [0.1, 0.15) is 10.6 Å². The van der Waals surface area contributed by atoms with Crippen molar-refractivity contribution in [3.05, 3.63) is 38.4 Å². The summed E-state index contributed by atoms with van der Waals surface area (Å²) in [7, 11) is 1.60. The van der Waals surface area contributed by atoms with E-state index in [0.717, 1.165) is 27.3 Å². The molecular formula is C13H11N3O3S2. The van der Waals surface area contributed by atoms with Gasteiger partial charge in [-0.1, -0.05) is 22.7 Å². The first-order valence-corrected chi connectivity index (χ1v) is 7.66. The van der Waals surface area contributed by atoms with Crippen molar-refractivity contribution in [3.63, 3.8) is 0 Å². The Balaban J connectivity index is 1.89. The maximum atomic E-state index is 12.1. The number of H-pyrrole nitrogens is 1. The summed E-state index contributed by atoms with van der Waals surface area (Å²) in [4.78, 5) is 30.4. The van der Waals surface area contributed by atoms with Crippen LogP contribution in [0, 0.1) is 6.92 Å². The van der Waals surface area contributed by atoms with Crippen LogP contribution in [0.15, 0.2) is 23.0 Å². The van der Waals surface area contributed by atoms with Gasteiger partial charge in [-0.3, -0.25) is 14.9 Å². The van der Waals surface area contributed by atoms with Crippen molar-refractivity contribution >= 4 is 43.9 Å². The Hall–Kier alpha value is -2.19. The van der Waals surface area contributed by atoms with Gasteiger partial charge in [0.15, 0.2) is 5.13 Å². The quantitative estimate of drug-likeness (QED) is 0.776. The number of aromatic nitrogens is 2. The highest BCUT2D eigenvalue weighted by Gasteiger charge is 2.15. The molecule has 6 nitrogen and oxygen atoms in total. The van der Waals surface area contributed by atoms with Gasteiger partial charge in [-0.05, 0) is 25.1 Å². The summed E-state index contributed by atoms with van der Waals surface area (Å²) in [5.74, 6) is 0.408. The first-order valence-electron chi connectivity index (χ1n) is 6.02. The smallest absolute Gasteiger partial charge is 0.305 e. The zero-order valence-corrected chi connectivity index (χ0v) is 12.9. The molecule has 0 saturated heterocycles. The highest BCUT2D eigenvalue weighted by atomic mass is 32.1. The summed E-state index contributed by atoms with van der Waals surface area (Å²) >= 11 is 2.24. The van der Waals surface area contributed by atoms with Crippen molar-refractivity contribution in [1.82, 2.24) is 9.97 Å². The van der Waals surface area contributed by atoms with Crippen molar-refractivity contribution in [1.29, 1.82) is 0 Å². The normalized spacial score (nSPS) is 10.8. The molecule has 0 aliphatic heterocycles. The SMILES string of the molecule is COc1ccc2nc(NC(=O)c3sc(=O)[nH]c3C)sc2c1. The summed E-state index contributed by atoms with van der Waals surface area (Å²) in [5, 5.41) is 3.21. The molecule has 0 bridgehead atoms. The third-order valence-electron chi connectivity index (χ3n) is 2.85. The molecule has 1 amide bonds. The third-order valence-corrected chi connectivity index (χ3v) is 4.76. The van der Waals surface area contributed by atoms with E-state index in [1.807, 2.05) is 18.2 Å². The topological polar surface area (TPSA) is 84.1 Å². The number of rotatable bonds is 3. The Morgan fingerprint density at radius 3 is 2.86 bits per heavy atom. The van der Waals surface area contributed by atoms with Gasteiger partial charge in [0.05, 0.1) is 17.3 Å². The molecule has 2 aromatic heterocycles. The monoisotopic (exact) mass is 321 g/mol. The van der Waals surface area contributed by atoms with Gasteiger partial charge in [0.2, 0.25) is 0 Å². The van der Waals surface area contributed by atoms with Crippen LogP contribution in [-0.2, 0) is 0 Å². The Kier molecular flexibility index (Phi) is 3.48. The van der Waals surface area contributed by atoms with E-state index in [1.165, 1.54) is 11.3 Å². The van der Waals surface area contributed by atoms with E-state index in [4.69, 9.17) is 4.74 Å². The molecule has 0 atom stereocenters. The molecule has 3 aromatic rings. The van der Waals surface area contributed by atoms with E-state index in [9.17, 15) is 9.59 Å². The summed E-state index contributed by atoms with van der Waals surface area (Å²) in [6.45, 7) is 1.69. The van der Waals surface area contributed by atoms with E-state index in [1.54, 1.807) is 14.0 Å². The number of thiazole rings is 2. The average Bonchev–Trinajstić information content (AvgIpc) is 2.99. The van der Waals surface area contributed by atoms with Gasteiger partial charge in [-0.25, -0.2) is 4.98 Å². The molecule has 1 aromatic carbocycles. The molecule has 0 aliphatic carbocycles. The Morgan fingerprint density at radius 1 is 1.38 bits per heavy atom. The van der Waals surface area contributed by atoms with Crippen LogP contribution in [-0.4, -0.2) is 23.0 Å². The third kappa shape index (κ3) is 2.67. The van der Waals surface area contributed by atoms with Crippen LogP contribution in [0.2, 0.25) is 0 Å². The maximum absolute atomic E-state index is 12.1. The van der Waals surface area contributed by atoms with E-state index in [0.29, 0.717) is 15.7 Å². The zero-order chi connectivity index (χ0) is 15.0. The van der Waals surface area contributed by atoms with Crippen LogP contribution in [0.5, 0.6) is 5.75 Å². The molecule has 108 valence electrons. The number of hydrogen-bond donors (Lipinski definition) is 2. The standard InChI is InChI=1S/C13H11N3O3S2/c1-6-10(21-13(18)14-6)11(17)16-12-15-8-4-3-7(19-2)5-9(8)20-12/h3-5H,1-2H3,(H,14,18)(H,15,16,17). The summed E-state index contributed by atoms with van der Waals surface area (Å²) in [5.41, 5.74) is 1.35. The Morgan fingerprint density at radius 2 is 2.19 bits per heavy atom. The molecule has 0 aliphatic rings. The van der Waals surface area contributed by atoms with E-state index >= 15 is 0 Å². The zero-order valence-electron chi connectivity index (χ0n) is 11.2. The van der Waals surface area contributed by atoms with Crippen LogP contribution in [0.4, 0.5) is 5.13 Å². The number of amides is 1. The van der Waals surface area contributed by atoms with Gasteiger partial charge < -0.3 is 9.72 Å². The van der Waals surface area contributed by atoms with Crippen molar-refractivity contribution in [2.24, 2.45) is 0 Å². The van der Waals surface area contributed by atoms with Gasteiger partial charge >= 0.3 is 4.87 Å². The number of anilines is 1. The first kappa shape index (κ1) is 13.8. The fourth-order valence-corrected chi connectivity index (χ4v) is 3.49. The fourth-order valence-electron chi connectivity index (χ4n) is 1.86. The average molecular weight is 321 g/mol. The van der Waals surface area contributed by atoms with Gasteiger partial charge in [0, 0.05) is 5.69 Å². The molecule has 21 heavy (non-hydrogen) atoms. The lowest BCUT2D eigenvalue weighted by molar-refractivity contribution is 0.103. The minimum Gasteiger partial charge on any atom is -0.497 e. The second-order valence-corrected chi connectivity index (χ2v) is 6.29. The number of nitrogens with one attached hydrogen (secondary N) is 2. The number of ether oxygens (including phenoxy) is 1. The van der Waals surface area contributed by atoms with Crippen LogP contribution in [0.1, 0.15) is 15.4 Å². The van der Waals surface area contributed by atoms with Crippen LogP contribution < -0.4 is 14.9 Å². The highest BCUT2D eigenvalue weighted by Crippen LogP contribution is 2.29. The molecule has 0 unspecified atom stereocenters. The predicted molar refractivity (Wildman–Crippen MR) is 83.8 cm³/mol. The lowest BCUT2D eigenvalue weighted by Crippen LogP contribution is -2.11. The summed E-state index contributed by atoms with van der Waals surface area (Å²) < 4.78 is 6.07. The number of nitrogens with zero attached hydrogens (tertiary/aromatic N) is 1. The summed E-state index contributed by atoms with van der Waals surface area (Å²) in [6, 6.07) is 5.51. The maximum Gasteiger partial charge on any atom is 0.305 e. The Labute approximate surface area is 127 Å². The second-order valence-electron chi connectivity index (χ2n) is 4.28. The second kappa shape index (κ2) is 5.30. The first-order chi connectivity index (χ1) is 10.1. The predicted octanol–water partition coefficient (Wildman–Crippen LogP) is 2.62. The number of aryl methyl sites for hydroxylation is 1. The van der Waals surface area contributed by atoms with Crippen LogP contribution in [0.3, 0.4) is 0 Å². The van der Waals surface area contributed by atoms with Gasteiger partial charge in [-0.2, -0.15) is 0 Å². The van der Waals surface area contributed by atoms with Gasteiger partial charge in [-0.15, -0.1) is 0 Å². The number of carbonyl (C=O) groups excluding carboxylic acids is 1. The highest BCUT2D eigenvalue weighted by molar-refractivity contribution is 7.22. The number of hydrogen-bond acceptors (Lipinski definition) is 6. The number of methoxy groups -OCH3 is 1. The molecule has 0 fully saturated rings. The molecule has 3 rings (SSSR count). The Bertz CT molecular complexity index is 878. The molecule has 8 heteroatoms. The van der Waals surface area contributed by atoms with E-state index in [-0.39, 0.29) is 10.8 Å². The van der Waals surface area contributed by atoms with Crippen LogP contribution >= 0.6 is 22.7 Å². The molecule has 0 spiro atoms. The van der Waals surface area contributed by atoms with Crippen molar-refractivity contribution in [2.75, 3.05) is 12.4 Å². The lowest BCUT2D eigenvalue weighted by Gasteiger charge is -1.98. The van der Waals surface area contributed by atoms with Crippen molar-refractivity contribution in [2.45, 2.75) is 6.92 Å². The van der Waals surface area contributed by atoms with Crippen LogP contribution in [0.25, 0.3) is 10.2 Å². The van der Waals surface area contributed by atoms with Gasteiger partial charge in [0.25, 0.3) is 5.91 Å². The lowest BCUT2D eigenvalue weighted by atomic mass is 10.3. The minimum atomic E-state index is -0.332. The fraction of sp³-hybridized carbons (Fsp3) is 0.154. The number of aromatic amines is 1. The van der Waals surface area contributed by atoms with Crippen molar-refractivity contribution < 1.29 is 9.53 Å². The number of fused-ring (bicyclic) bond motifs is 1. The molecule has 2 heterocycles. The molecule has 0 saturated carbocycles. The van der Waals surface area contributed by atoms with E-state index < -0.39 is 0 Å². The summed E-state index contributed by atoms with van der Waals surface area (Å²) in [6.07, 6.45) is 0. The number of benzene rings is 1. The molecule has 2 N–H and O–H groups in total. The van der Waals surface area contributed by atoms with E-state index in [2.05, 4.69) is 15.3 Å². The van der Waals surface area contributed by atoms with Crippen molar-refractivity contribution in [3.8, 4) is 5.75 Å². The molecular weight excluding hydrogens is 310 g/mol. The molecule has 0 radical (unpaired) electrons.